The van der Waals surface area contributed by atoms with E-state index in [1.165, 1.54) is 19.2 Å². The Morgan fingerprint density at radius 1 is 1.23 bits per heavy atom. The second-order valence-electron chi connectivity index (χ2n) is 2.31. The zero-order valence-corrected chi connectivity index (χ0v) is 7.67. The maximum absolute atomic E-state index is 11.1. The van der Waals surface area contributed by atoms with Crippen LogP contribution in [0.4, 0.5) is 0 Å². The molecule has 0 amide bonds. The summed E-state index contributed by atoms with van der Waals surface area (Å²) in [5, 5.41) is -0.666. The van der Waals surface area contributed by atoms with Gasteiger partial charge in [0.1, 0.15) is 0 Å². The summed E-state index contributed by atoms with van der Waals surface area (Å²) in [6.45, 7) is 0. The number of hydrogen-bond acceptors (Lipinski definition) is 3. The maximum Gasteiger partial charge on any atom is 0.338 e. The quantitative estimate of drug-likeness (QED) is 0.538. The van der Waals surface area contributed by atoms with Gasteiger partial charge in [-0.05, 0) is 23.7 Å². The van der Waals surface area contributed by atoms with E-state index < -0.39 is 11.2 Å². The summed E-state index contributed by atoms with van der Waals surface area (Å²) >= 11 is 5.26. The van der Waals surface area contributed by atoms with Crippen LogP contribution in [0.1, 0.15) is 20.7 Å². The van der Waals surface area contributed by atoms with Crippen LogP contribution in [-0.4, -0.2) is 18.3 Å². The van der Waals surface area contributed by atoms with E-state index in [4.69, 9.17) is 11.6 Å². The molecule has 1 aromatic rings. The Bertz CT molecular complexity index is 346. The molecule has 0 fully saturated rings. The molecule has 1 rings (SSSR count). The Balaban J connectivity index is 3.19. The number of ether oxygens (including phenoxy) is 1. The fourth-order valence-corrected chi connectivity index (χ4v) is 1.11. The largest absolute Gasteiger partial charge is 0.465 e. The average Bonchev–Trinajstić information content (AvgIpc) is 2.16. The van der Waals surface area contributed by atoms with Gasteiger partial charge in [-0.25, -0.2) is 4.79 Å². The van der Waals surface area contributed by atoms with Crippen LogP contribution in [0.15, 0.2) is 24.3 Å². The van der Waals surface area contributed by atoms with Crippen molar-refractivity contribution in [2.75, 3.05) is 7.11 Å². The number of rotatable bonds is 2. The lowest BCUT2D eigenvalue weighted by Crippen LogP contribution is -2.06. The Labute approximate surface area is 80.3 Å². The van der Waals surface area contributed by atoms with Crippen molar-refractivity contribution in [3.8, 4) is 0 Å². The molecule has 0 aromatic heterocycles. The smallest absolute Gasteiger partial charge is 0.338 e. The van der Waals surface area contributed by atoms with Crippen molar-refractivity contribution in [1.29, 1.82) is 0 Å². The lowest BCUT2D eigenvalue weighted by molar-refractivity contribution is 0.0598. The third-order valence-corrected chi connectivity index (χ3v) is 1.75. The van der Waals surface area contributed by atoms with E-state index in [0.717, 1.165) is 0 Å². The van der Waals surface area contributed by atoms with Crippen molar-refractivity contribution < 1.29 is 14.3 Å². The first-order valence-electron chi connectivity index (χ1n) is 3.54. The van der Waals surface area contributed by atoms with Gasteiger partial charge in [-0.2, -0.15) is 0 Å². The number of hydrogen-bond donors (Lipinski definition) is 0. The number of carbonyl (C=O) groups is 2. The molecule has 0 heterocycles. The topological polar surface area (TPSA) is 43.4 Å². The molecule has 0 radical (unpaired) electrons. The van der Waals surface area contributed by atoms with E-state index in [1.54, 1.807) is 12.1 Å². The summed E-state index contributed by atoms with van der Waals surface area (Å²) in [5.74, 6) is -0.565. The fraction of sp³-hybridized carbons (Fsp3) is 0.111. The van der Waals surface area contributed by atoms with Crippen molar-refractivity contribution in [2.45, 2.75) is 0 Å². The van der Waals surface area contributed by atoms with E-state index in [-0.39, 0.29) is 11.1 Å². The van der Waals surface area contributed by atoms with E-state index in [9.17, 15) is 9.59 Å². The van der Waals surface area contributed by atoms with E-state index in [1.807, 2.05) is 0 Å². The van der Waals surface area contributed by atoms with Crippen LogP contribution in [0, 0.1) is 0 Å². The summed E-state index contributed by atoms with van der Waals surface area (Å²) < 4.78 is 4.48. The minimum Gasteiger partial charge on any atom is -0.465 e. The first-order chi connectivity index (χ1) is 6.16. The maximum atomic E-state index is 11.1. The zero-order valence-electron chi connectivity index (χ0n) is 6.91. The van der Waals surface area contributed by atoms with Crippen molar-refractivity contribution in [3.05, 3.63) is 35.4 Å². The lowest BCUT2D eigenvalue weighted by Gasteiger charge is -2.02. The zero-order chi connectivity index (χ0) is 9.84. The molecule has 0 aliphatic rings. The normalized spacial score (nSPS) is 9.38. The van der Waals surface area contributed by atoms with Gasteiger partial charge in [0.15, 0.2) is 0 Å². The average molecular weight is 199 g/mol. The van der Waals surface area contributed by atoms with Gasteiger partial charge in [0, 0.05) is 5.56 Å². The molecular formula is C9H7ClO3. The van der Waals surface area contributed by atoms with Gasteiger partial charge in [0.05, 0.1) is 12.7 Å². The predicted octanol–water partition coefficient (Wildman–Crippen LogP) is 1.85. The Hall–Kier alpha value is -1.35. The third kappa shape index (κ3) is 2.06. The molecule has 68 valence electrons. The van der Waals surface area contributed by atoms with Crippen LogP contribution in [0.3, 0.4) is 0 Å². The minimum atomic E-state index is -0.666. The van der Waals surface area contributed by atoms with E-state index >= 15 is 0 Å². The monoisotopic (exact) mass is 198 g/mol. The number of benzene rings is 1. The molecule has 1 aromatic carbocycles. The summed E-state index contributed by atoms with van der Waals surface area (Å²) in [6, 6.07) is 6.22. The molecule has 0 spiro atoms. The molecule has 0 atom stereocenters. The summed E-state index contributed by atoms with van der Waals surface area (Å²) in [7, 11) is 1.25. The van der Waals surface area contributed by atoms with Crippen LogP contribution in [0.2, 0.25) is 0 Å². The number of halogens is 1. The van der Waals surface area contributed by atoms with Gasteiger partial charge in [0.2, 0.25) is 0 Å². The van der Waals surface area contributed by atoms with E-state index in [0.29, 0.717) is 0 Å². The van der Waals surface area contributed by atoms with Crippen LogP contribution < -0.4 is 0 Å². The molecule has 0 aliphatic heterocycles. The highest BCUT2D eigenvalue weighted by atomic mass is 35.5. The number of carbonyl (C=O) groups excluding carboxylic acids is 2. The van der Waals surface area contributed by atoms with Crippen molar-refractivity contribution >= 4 is 22.8 Å². The third-order valence-electron chi connectivity index (χ3n) is 1.54. The minimum absolute atomic E-state index is 0.163. The van der Waals surface area contributed by atoms with Crippen LogP contribution in [0.25, 0.3) is 0 Å². The Kier molecular flexibility index (Phi) is 3.03. The van der Waals surface area contributed by atoms with Gasteiger partial charge >= 0.3 is 5.97 Å². The van der Waals surface area contributed by atoms with Gasteiger partial charge in [-0.15, -0.1) is 0 Å². The molecule has 0 saturated heterocycles. The molecule has 0 unspecified atom stereocenters. The molecule has 0 aliphatic carbocycles. The Morgan fingerprint density at radius 2 is 1.77 bits per heavy atom. The molecule has 3 nitrogen and oxygen atoms in total. The first kappa shape index (κ1) is 9.74. The lowest BCUT2D eigenvalue weighted by atomic mass is 10.1. The second-order valence-corrected chi connectivity index (χ2v) is 2.65. The molecular weight excluding hydrogens is 192 g/mol. The second kappa shape index (κ2) is 4.05. The molecule has 0 saturated carbocycles. The van der Waals surface area contributed by atoms with Gasteiger partial charge in [-0.1, -0.05) is 12.1 Å². The molecule has 0 N–H and O–H groups in total. The predicted molar refractivity (Wildman–Crippen MR) is 48.0 cm³/mol. The van der Waals surface area contributed by atoms with Gasteiger partial charge in [-0.3, -0.25) is 4.79 Å². The van der Waals surface area contributed by atoms with Crippen LogP contribution in [-0.2, 0) is 4.74 Å². The van der Waals surface area contributed by atoms with Crippen molar-refractivity contribution in [1.82, 2.24) is 0 Å². The van der Waals surface area contributed by atoms with Crippen LogP contribution in [0.5, 0.6) is 0 Å². The standard InChI is InChI=1S/C9H7ClO3/c1-13-9(12)7-5-3-2-4-6(7)8(10)11/h2-5H,1H3. The highest BCUT2D eigenvalue weighted by molar-refractivity contribution is 6.68. The van der Waals surface area contributed by atoms with Gasteiger partial charge < -0.3 is 4.74 Å². The van der Waals surface area contributed by atoms with Gasteiger partial charge in [0.25, 0.3) is 5.24 Å². The number of esters is 1. The SMILES string of the molecule is COC(=O)c1ccccc1C(=O)Cl. The molecule has 0 bridgehead atoms. The first-order valence-corrected chi connectivity index (χ1v) is 3.91. The highest BCUT2D eigenvalue weighted by Gasteiger charge is 2.14. The summed E-state index contributed by atoms with van der Waals surface area (Å²) in [6.07, 6.45) is 0. The fourth-order valence-electron chi connectivity index (χ4n) is 0.942. The summed E-state index contributed by atoms with van der Waals surface area (Å²) in [5.41, 5.74) is 0.348. The van der Waals surface area contributed by atoms with E-state index in [2.05, 4.69) is 4.74 Å². The van der Waals surface area contributed by atoms with Crippen molar-refractivity contribution in [2.24, 2.45) is 0 Å². The highest BCUT2D eigenvalue weighted by Crippen LogP contribution is 2.12. The summed E-state index contributed by atoms with van der Waals surface area (Å²) in [4.78, 5) is 21.9. The molecule has 13 heavy (non-hydrogen) atoms. The van der Waals surface area contributed by atoms with Crippen LogP contribution >= 0.6 is 11.6 Å². The Morgan fingerprint density at radius 3 is 2.23 bits per heavy atom. The van der Waals surface area contributed by atoms with Crippen molar-refractivity contribution in [3.63, 3.8) is 0 Å². The number of methoxy groups -OCH3 is 1. The molecule has 4 heteroatoms.